The van der Waals surface area contributed by atoms with Crippen molar-refractivity contribution in [2.75, 3.05) is 13.1 Å². The van der Waals surface area contributed by atoms with Crippen molar-refractivity contribution < 1.29 is 0 Å². The van der Waals surface area contributed by atoms with Gasteiger partial charge in [0.2, 0.25) is 0 Å². The Bertz CT molecular complexity index is 620. The minimum absolute atomic E-state index is 0.504. The lowest BCUT2D eigenvalue weighted by Crippen LogP contribution is -2.34. The SMILES string of the molecule is CCc1nn(C)cc1C1CCNCC1c1ccccc1Br. The molecule has 0 amide bonds. The standard InChI is InChI=1S/C17H22BrN3/c1-3-17-15(11-21(2)20-17)12-8-9-19-10-14(12)13-6-4-5-7-16(13)18/h4-7,11-12,14,19H,3,8-10H2,1-2H3. The topological polar surface area (TPSA) is 29.9 Å². The summed E-state index contributed by atoms with van der Waals surface area (Å²) < 4.78 is 3.18. The quantitative estimate of drug-likeness (QED) is 0.919. The van der Waals surface area contributed by atoms with Gasteiger partial charge in [0.25, 0.3) is 0 Å². The fraction of sp³-hybridized carbons (Fsp3) is 0.471. The van der Waals surface area contributed by atoms with Crippen LogP contribution in [0.1, 0.15) is 42.0 Å². The number of rotatable bonds is 3. The van der Waals surface area contributed by atoms with Gasteiger partial charge >= 0.3 is 0 Å². The Morgan fingerprint density at radius 1 is 1.29 bits per heavy atom. The Balaban J connectivity index is 2.00. The van der Waals surface area contributed by atoms with Crippen LogP contribution in [0, 0.1) is 0 Å². The summed E-state index contributed by atoms with van der Waals surface area (Å²) in [6.45, 7) is 4.31. The van der Waals surface area contributed by atoms with Crippen molar-refractivity contribution in [1.29, 1.82) is 0 Å². The second kappa shape index (κ2) is 6.32. The first-order valence-corrected chi connectivity index (χ1v) is 8.47. The van der Waals surface area contributed by atoms with E-state index in [0.717, 1.165) is 19.5 Å². The normalized spacial score (nSPS) is 22.4. The summed E-state index contributed by atoms with van der Waals surface area (Å²) in [4.78, 5) is 0. The number of aromatic nitrogens is 2. The molecular weight excluding hydrogens is 326 g/mol. The monoisotopic (exact) mass is 347 g/mol. The van der Waals surface area contributed by atoms with Gasteiger partial charge in [0, 0.05) is 30.2 Å². The lowest BCUT2D eigenvalue weighted by molar-refractivity contribution is 0.401. The molecule has 3 rings (SSSR count). The lowest BCUT2D eigenvalue weighted by atomic mass is 9.77. The van der Waals surface area contributed by atoms with Gasteiger partial charge in [-0.05, 0) is 42.5 Å². The highest BCUT2D eigenvalue weighted by molar-refractivity contribution is 9.10. The molecule has 1 aliphatic heterocycles. The molecule has 3 nitrogen and oxygen atoms in total. The van der Waals surface area contributed by atoms with Gasteiger partial charge in [0.1, 0.15) is 0 Å². The van der Waals surface area contributed by atoms with Crippen LogP contribution in [0.5, 0.6) is 0 Å². The van der Waals surface area contributed by atoms with Crippen LogP contribution in [-0.2, 0) is 13.5 Å². The van der Waals surface area contributed by atoms with Crippen LogP contribution in [0.4, 0.5) is 0 Å². The Labute approximate surface area is 134 Å². The number of benzene rings is 1. The molecule has 2 aromatic rings. The smallest absolute Gasteiger partial charge is 0.0656 e. The molecule has 0 saturated carbocycles. The van der Waals surface area contributed by atoms with Crippen molar-refractivity contribution in [1.82, 2.24) is 15.1 Å². The molecule has 0 radical (unpaired) electrons. The van der Waals surface area contributed by atoms with Crippen molar-refractivity contribution in [3.05, 3.63) is 51.8 Å². The maximum absolute atomic E-state index is 4.64. The molecule has 1 aromatic heterocycles. The minimum Gasteiger partial charge on any atom is -0.316 e. The summed E-state index contributed by atoms with van der Waals surface area (Å²) >= 11 is 3.72. The molecule has 1 aromatic carbocycles. The number of hydrogen-bond acceptors (Lipinski definition) is 2. The molecule has 0 spiro atoms. The fourth-order valence-electron chi connectivity index (χ4n) is 3.47. The molecule has 1 aliphatic rings. The van der Waals surface area contributed by atoms with Gasteiger partial charge in [0.15, 0.2) is 0 Å². The predicted octanol–water partition coefficient (Wildman–Crippen LogP) is 3.61. The minimum atomic E-state index is 0.504. The zero-order chi connectivity index (χ0) is 14.8. The van der Waals surface area contributed by atoms with E-state index in [0.29, 0.717) is 11.8 Å². The fourth-order valence-corrected chi connectivity index (χ4v) is 4.05. The Kier molecular flexibility index (Phi) is 4.45. The first-order valence-electron chi connectivity index (χ1n) is 7.68. The summed E-state index contributed by atoms with van der Waals surface area (Å²) in [5.41, 5.74) is 4.09. The van der Waals surface area contributed by atoms with E-state index in [1.807, 2.05) is 11.7 Å². The predicted molar refractivity (Wildman–Crippen MR) is 89.7 cm³/mol. The van der Waals surface area contributed by atoms with Gasteiger partial charge in [-0.15, -0.1) is 0 Å². The average Bonchev–Trinajstić information content (AvgIpc) is 2.89. The van der Waals surface area contributed by atoms with E-state index in [2.05, 4.69) is 63.7 Å². The number of nitrogens with one attached hydrogen (secondary N) is 1. The first-order chi connectivity index (χ1) is 10.2. The summed E-state index contributed by atoms with van der Waals surface area (Å²) in [5, 5.41) is 8.20. The summed E-state index contributed by atoms with van der Waals surface area (Å²) in [7, 11) is 2.02. The van der Waals surface area contributed by atoms with Gasteiger partial charge < -0.3 is 5.32 Å². The van der Waals surface area contributed by atoms with Crippen molar-refractivity contribution in [3.8, 4) is 0 Å². The van der Waals surface area contributed by atoms with Crippen LogP contribution >= 0.6 is 15.9 Å². The van der Waals surface area contributed by atoms with Gasteiger partial charge in [-0.1, -0.05) is 41.1 Å². The molecule has 2 unspecified atom stereocenters. The zero-order valence-corrected chi connectivity index (χ0v) is 14.2. The van der Waals surface area contributed by atoms with Gasteiger partial charge in [-0.3, -0.25) is 4.68 Å². The Morgan fingerprint density at radius 3 is 2.86 bits per heavy atom. The number of halogens is 1. The number of nitrogens with zero attached hydrogens (tertiary/aromatic N) is 2. The Hall–Kier alpha value is -1.13. The van der Waals surface area contributed by atoms with Crippen molar-refractivity contribution in [2.24, 2.45) is 7.05 Å². The van der Waals surface area contributed by atoms with Crippen LogP contribution in [0.15, 0.2) is 34.9 Å². The highest BCUT2D eigenvalue weighted by atomic mass is 79.9. The molecule has 4 heteroatoms. The molecule has 112 valence electrons. The number of aryl methyl sites for hydroxylation is 2. The van der Waals surface area contributed by atoms with Gasteiger partial charge in [0.05, 0.1) is 5.69 Å². The van der Waals surface area contributed by atoms with Crippen LogP contribution in [0.3, 0.4) is 0 Å². The maximum atomic E-state index is 4.64. The molecule has 21 heavy (non-hydrogen) atoms. The molecule has 2 atom stereocenters. The van der Waals surface area contributed by atoms with Crippen LogP contribution in [-0.4, -0.2) is 22.9 Å². The lowest BCUT2D eigenvalue weighted by Gasteiger charge is -2.33. The highest BCUT2D eigenvalue weighted by Gasteiger charge is 2.31. The first kappa shape index (κ1) is 14.8. The highest BCUT2D eigenvalue weighted by Crippen LogP contribution is 2.40. The molecule has 1 fully saturated rings. The van der Waals surface area contributed by atoms with Gasteiger partial charge in [-0.25, -0.2) is 0 Å². The van der Waals surface area contributed by atoms with Crippen LogP contribution in [0.25, 0.3) is 0 Å². The largest absolute Gasteiger partial charge is 0.316 e. The third-order valence-corrected chi connectivity index (χ3v) is 5.18. The molecular formula is C17H22BrN3. The second-order valence-corrected chi connectivity index (χ2v) is 6.64. The second-order valence-electron chi connectivity index (χ2n) is 5.79. The summed E-state index contributed by atoms with van der Waals surface area (Å²) in [5.74, 6) is 1.05. The van der Waals surface area contributed by atoms with E-state index in [9.17, 15) is 0 Å². The van der Waals surface area contributed by atoms with Crippen molar-refractivity contribution >= 4 is 15.9 Å². The number of hydrogen-bond donors (Lipinski definition) is 1. The molecule has 1 N–H and O–H groups in total. The Morgan fingerprint density at radius 2 is 2.10 bits per heavy atom. The van der Waals surface area contributed by atoms with Gasteiger partial charge in [-0.2, -0.15) is 5.10 Å². The third kappa shape index (κ3) is 2.92. The van der Waals surface area contributed by atoms with Crippen LogP contribution < -0.4 is 5.32 Å². The van der Waals surface area contributed by atoms with Crippen molar-refractivity contribution in [3.63, 3.8) is 0 Å². The van der Waals surface area contributed by atoms with Crippen molar-refractivity contribution in [2.45, 2.75) is 31.6 Å². The van der Waals surface area contributed by atoms with E-state index in [1.54, 1.807) is 0 Å². The molecule has 1 saturated heterocycles. The summed E-state index contributed by atoms with van der Waals surface area (Å²) in [6, 6.07) is 8.61. The van der Waals surface area contributed by atoms with E-state index in [1.165, 1.54) is 27.7 Å². The molecule has 0 aliphatic carbocycles. The third-order valence-electron chi connectivity index (χ3n) is 4.46. The number of piperidine rings is 1. The van der Waals surface area contributed by atoms with E-state index in [4.69, 9.17) is 0 Å². The average molecular weight is 348 g/mol. The molecule has 2 heterocycles. The maximum Gasteiger partial charge on any atom is 0.0656 e. The van der Waals surface area contributed by atoms with Crippen LogP contribution in [0.2, 0.25) is 0 Å². The van der Waals surface area contributed by atoms with E-state index in [-0.39, 0.29) is 0 Å². The summed E-state index contributed by atoms with van der Waals surface area (Å²) in [6.07, 6.45) is 4.39. The van der Waals surface area contributed by atoms with E-state index >= 15 is 0 Å². The van der Waals surface area contributed by atoms with E-state index < -0.39 is 0 Å². The zero-order valence-electron chi connectivity index (χ0n) is 12.6. The molecule has 0 bridgehead atoms.